The van der Waals surface area contributed by atoms with E-state index in [0.717, 1.165) is 24.4 Å². The maximum Gasteiger partial charge on any atom is 0.412 e. The molecule has 0 radical (unpaired) electrons. The Kier molecular flexibility index (Phi) is 8.50. The fourth-order valence-corrected chi connectivity index (χ4v) is 6.57. The average Bonchev–Trinajstić information content (AvgIpc) is 2.89. The van der Waals surface area contributed by atoms with Crippen molar-refractivity contribution in [2.75, 3.05) is 6.61 Å². The molecule has 0 saturated carbocycles. The van der Waals surface area contributed by atoms with E-state index in [1.54, 1.807) is 4.90 Å². The Hall–Kier alpha value is -0.923. The zero-order valence-electron chi connectivity index (χ0n) is 18.5. The summed E-state index contributed by atoms with van der Waals surface area (Å²) in [5.74, 6) is 0. The highest BCUT2D eigenvalue weighted by atomic mass is 28.4. The predicted molar refractivity (Wildman–Crippen MR) is 109 cm³/mol. The monoisotopic (exact) mass is 401 g/mol. The second-order valence-corrected chi connectivity index (χ2v) is 13.5. The standard InChI is InChI=1S/C20H39NO5Si/c1-9-27(10-2,11-3)26-17(13-12-14-22)16-15-24-20(7,8)21(16)18(23)25-19(4,5)6/h14,16-17H,9-13,15H2,1-8H3. The quantitative estimate of drug-likeness (QED) is 0.413. The van der Waals surface area contributed by atoms with E-state index < -0.39 is 25.7 Å². The van der Waals surface area contributed by atoms with Crippen LogP contribution in [0.2, 0.25) is 18.1 Å². The lowest BCUT2D eigenvalue weighted by atomic mass is 10.1. The van der Waals surface area contributed by atoms with Gasteiger partial charge >= 0.3 is 6.09 Å². The molecule has 27 heavy (non-hydrogen) atoms. The van der Waals surface area contributed by atoms with E-state index in [0.29, 0.717) is 19.4 Å². The second-order valence-electron chi connectivity index (χ2n) is 8.82. The van der Waals surface area contributed by atoms with Gasteiger partial charge in [0, 0.05) is 6.42 Å². The molecular formula is C20H39NO5Si. The van der Waals surface area contributed by atoms with Gasteiger partial charge in [-0.1, -0.05) is 20.8 Å². The lowest BCUT2D eigenvalue weighted by Crippen LogP contribution is -2.56. The van der Waals surface area contributed by atoms with Crippen LogP contribution in [0.4, 0.5) is 4.79 Å². The van der Waals surface area contributed by atoms with Crippen molar-refractivity contribution in [3.63, 3.8) is 0 Å². The molecule has 7 heteroatoms. The molecule has 1 aliphatic rings. The van der Waals surface area contributed by atoms with Crippen LogP contribution >= 0.6 is 0 Å². The number of hydrogen-bond donors (Lipinski definition) is 0. The maximum atomic E-state index is 12.9. The molecule has 2 atom stereocenters. The number of carbonyl (C=O) groups excluding carboxylic acids is 2. The Bertz CT molecular complexity index is 491. The van der Waals surface area contributed by atoms with Crippen LogP contribution in [-0.2, 0) is 18.7 Å². The molecule has 1 saturated heterocycles. The van der Waals surface area contributed by atoms with Gasteiger partial charge in [-0.05, 0) is 59.2 Å². The molecule has 0 aromatic heterocycles. The van der Waals surface area contributed by atoms with Crippen LogP contribution in [0.25, 0.3) is 0 Å². The van der Waals surface area contributed by atoms with E-state index in [4.69, 9.17) is 13.9 Å². The first-order chi connectivity index (χ1) is 12.4. The molecule has 0 aliphatic carbocycles. The van der Waals surface area contributed by atoms with Gasteiger partial charge in [0.2, 0.25) is 0 Å². The smallest absolute Gasteiger partial charge is 0.412 e. The Balaban J connectivity index is 3.17. The largest absolute Gasteiger partial charge is 0.444 e. The number of hydrogen-bond acceptors (Lipinski definition) is 5. The molecule has 1 amide bonds. The van der Waals surface area contributed by atoms with Gasteiger partial charge in [0.1, 0.15) is 17.6 Å². The van der Waals surface area contributed by atoms with E-state index in [1.807, 2.05) is 34.6 Å². The summed E-state index contributed by atoms with van der Waals surface area (Å²) in [6, 6.07) is 2.79. The van der Waals surface area contributed by atoms with Gasteiger partial charge < -0.3 is 18.7 Å². The first-order valence-corrected chi connectivity index (χ1v) is 12.8. The molecule has 0 aromatic rings. The number of amides is 1. The normalized spacial score (nSPS) is 21.2. The van der Waals surface area contributed by atoms with Gasteiger partial charge in [0.05, 0.1) is 18.8 Å². The highest BCUT2D eigenvalue weighted by molar-refractivity contribution is 6.73. The van der Waals surface area contributed by atoms with E-state index >= 15 is 0 Å². The third-order valence-electron chi connectivity index (χ3n) is 5.44. The lowest BCUT2D eigenvalue weighted by molar-refractivity contribution is -0.108. The summed E-state index contributed by atoms with van der Waals surface area (Å²) in [5, 5.41) is 0. The number of rotatable bonds is 9. The van der Waals surface area contributed by atoms with Crippen molar-refractivity contribution in [3.05, 3.63) is 0 Å². The number of ether oxygens (including phenoxy) is 2. The third kappa shape index (κ3) is 6.29. The van der Waals surface area contributed by atoms with E-state index in [-0.39, 0.29) is 12.1 Å². The van der Waals surface area contributed by atoms with Crippen molar-refractivity contribution in [2.24, 2.45) is 0 Å². The minimum Gasteiger partial charge on any atom is -0.444 e. The van der Waals surface area contributed by atoms with Crippen molar-refractivity contribution in [2.45, 2.75) is 110 Å². The van der Waals surface area contributed by atoms with E-state index in [1.165, 1.54) is 0 Å². The molecule has 2 unspecified atom stereocenters. The molecule has 1 aliphatic heterocycles. The van der Waals surface area contributed by atoms with E-state index in [2.05, 4.69) is 20.8 Å². The van der Waals surface area contributed by atoms with Crippen molar-refractivity contribution < 1.29 is 23.5 Å². The van der Waals surface area contributed by atoms with Crippen LogP contribution in [-0.4, -0.2) is 55.7 Å². The second kappa shape index (κ2) is 9.52. The Labute approximate surface area is 166 Å². The van der Waals surface area contributed by atoms with Gasteiger partial charge in [0.15, 0.2) is 8.32 Å². The summed E-state index contributed by atoms with van der Waals surface area (Å²) in [6.07, 6.45) is 1.29. The summed E-state index contributed by atoms with van der Waals surface area (Å²) in [5.41, 5.74) is -1.36. The highest BCUT2D eigenvalue weighted by Gasteiger charge is 2.50. The SMILES string of the molecule is CC[Si](CC)(CC)OC(CCC=O)C1COC(C)(C)N1C(=O)OC(C)(C)C. The Morgan fingerprint density at radius 3 is 2.26 bits per heavy atom. The number of nitrogens with zero attached hydrogens (tertiary/aromatic N) is 1. The van der Waals surface area contributed by atoms with E-state index in [9.17, 15) is 9.59 Å². The minimum absolute atomic E-state index is 0.226. The average molecular weight is 402 g/mol. The topological polar surface area (TPSA) is 65.1 Å². The zero-order valence-corrected chi connectivity index (χ0v) is 19.5. The van der Waals surface area contributed by atoms with Gasteiger partial charge in [-0.15, -0.1) is 0 Å². The van der Waals surface area contributed by atoms with Crippen molar-refractivity contribution in [1.29, 1.82) is 0 Å². The molecule has 0 spiro atoms. The Morgan fingerprint density at radius 2 is 1.81 bits per heavy atom. The van der Waals surface area contributed by atoms with Crippen LogP contribution in [0.15, 0.2) is 0 Å². The molecule has 6 nitrogen and oxygen atoms in total. The molecule has 158 valence electrons. The Morgan fingerprint density at radius 1 is 1.26 bits per heavy atom. The molecule has 0 aromatic carbocycles. The number of aldehydes is 1. The maximum absolute atomic E-state index is 12.9. The van der Waals surface area contributed by atoms with Crippen LogP contribution in [0.5, 0.6) is 0 Å². The summed E-state index contributed by atoms with van der Waals surface area (Å²) in [4.78, 5) is 25.7. The molecule has 1 rings (SSSR count). The highest BCUT2D eigenvalue weighted by Crippen LogP contribution is 2.35. The van der Waals surface area contributed by atoms with Gasteiger partial charge in [-0.25, -0.2) is 4.79 Å². The molecule has 1 fully saturated rings. The fraction of sp³-hybridized carbons (Fsp3) is 0.900. The van der Waals surface area contributed by atoms with Crippen molar-refractivity contribution in [3.8, 4) is 0 Å². The third-order valence-corrected chi connectivity index (χ3v) is 10.1. The molecule has 1 heterocycles. The first kappa shape index (κ1) is 24.1. The fourth-order valence-electron chi connectivity index (χ4n) is 3.66. The van der Waals surface area contributed by atoms with Crippen LogP contribution < -0.4 is 0 Å². The first-order valence-electron chi connectivity index (χ1n) is 10.2. The van der Waals surface area contributed by atoms with Gasteiger partial charge in [-0.2, -0.15) is 0 Å². The van der Waals surface area contributed by atoms with Gasteiger partial charge in [-0.3, -0.25) is 4.90 Å². The summed E-state index contributed by atoms with van der Waals surface area (Å²) in [7, 11) is -1.91. The molecule has 0 N–H and O–H groups in total. The van der Waals surface area contributed by atoms with Crippen molar-refractivity contribution >= 4 is 20.7 Å². The zero-order chi connectivity index (χ0) is 20.9. The molecule has 0 bridgehead atoms. The minimum atomic E-state index is -1.91. The predicted octanol–water partition coefficient (Wildman–Crippen LogP) is 4.73. The van der Waals surface area contributed by atoms with Crippen LogP contribution in [0, 0.1) is 0 Å². The van der Waals surface area contributed by atoms with Crippen molar-refractivity contribution in [1.82, 2.24) is 4.90 Å². The van der Waals surface area contributed by atoms with Crippen LogP contribution in [0.1, 0.15) is 68.2 Å². The molecular weight excluding hydrogens is 362 g/mol. The van der Waals surface area contributed by atoms with Crippen LogP contribution in [0.3, 0.4) is 0 Å². The number of carbonyl (C=O) groups is 2. The summed E-state index contributed by atoms with van der Waals surface area (Å²) < 4.78 is 18.3. The van der Waals surface area contributed by atoms with Gasteiger partial charge in [0.25, 0.3) is 0 Å². The summed E-state index contributed by atoms with van der Waals surface area (Å²) >= 11 is 0. The summed E-state index contributed by atoms with van der Waals surface area (Å²) in [6.45, 7) is 16.2. The lowest BCUT2D eigenvalue weighted by Gasteiger charge is -2.41.